The number of benzene rings is 3. The fourth-order valence-electron chi connectivity index (χ4n) is 3.03. The van der Waals surface area contributed by atoms with Gasteiger partial charge >= 0.3 is 0 Å². The fourth-order valence-corrected chi connectivity index (χ4v) is 3.03. The maximum absolute atomic E-state index is 5.78. The maximum atomic E-state index is 5.78. The third-order valence-electron chi connectivity index (χ3n) is 4.81. The minimum absolute atomic E-state index is 0.353. The van der Waals surface area contributed by atoms with Gasteiger partial charge in [0.05, 0.1) is 0 Å². The predicted octanol–water partition coefficient (Wildman–Crippen LogP) is 5.15. The summed E-state index contributed by atoms with van der Waals surface area (Å²) in [6.45, 7) is 4.45. The van der Waals surface area contributed by atoms with Crippen LogP contribution >= 0.6 is 0 Å². The van der Waals surface area contributed by atoms with Crippen LogP contribution in [0.2, 0.25) is 0 Å². The molecule has 3 aromatic rings. The molecule has 0 amide bonds. The van der Waals surface area contributed by atoms with E-state index in [1.165, 1.54) is 22.3 Å². The molecule has 122 valence electrons. The van der Waals surface area contributed by atoms with Crippen LogP contribution in [0.15, 0.2) is 72.8 Å². The van der Waals surface area contributed by atoms with Gasteiger partial charge in [0.15, 0.2) is 0 Å². The molecule has 0 radical (unpaired) electrons. The Labute approximate surface area is 144 Å². The lowest BCUT2D eigenvalue weighted by molar-refractivity contribution is 0.899. The zero-order valence-electron chi connectivity index (χ0n) is 14.2. The topological polar surface area (TPSA) is 52.0 Å². The third kappa shape index (κ3) is 3.43. The zero-order chi connectivity index (χ0) is 17.1. The van der Waals surface area contributed by atoms with E-state index in [0.29, 0.717) is 11.8 Å². The molecule has 0 bridgehead atoms. The molecule has 2 unspecified atom stereocenters. The monoisotopic (exact) mass is 316 g/mol. The molecule has 0 spiro atoms. The Kier molecular flexibility index (Phi) is 4.57. The molecule has 0 fully saturated rings. The van der Waals surface area contributed by atoms with Crippen LogP contribution in [0.5, 0.6) is 0 Å². The molecule has 0 aliphatic carbocycles. The van der Waals surface area contributed by atoms with Crippen molar-refractivity contribution in [3.8, 4) is 0 Å². The van der Waals surface area contributed by atoms with E-state index in [1.54, 1.807) is 0 Å². The summed E-state index contributed by atoms with van der Waals surface area (Å²) in [6.07, 6.45) is 0. The Hall–Kier alpha value is -2.74. The molecule has 0 aromatic heterocycles. The maximum Gasteiger partial charge on any atom is 0.0314 e. The standard InChI is InChI=1S/C22H24N2/c1-15(19-7-11-21(23)12-8-19)17-3-5-18(6-4-17)16(2)20-9-13-22(24)14-10-20/h3-16H,23-24H2,1-2H3. The molecule has 0 saturated heterocycles. The van der Waals surface area contributed by atoms with E-state index in [-0.39, 0.29) is 0 Å². The smallest absolute Gasteiger partial charge is 0.0314 e. The summed E-state index contributed by atoms with van der Waals surface area (Å²) in [5, 5.41) is 0. The van der Waals surface area contributed by atoms with Gasteiger partial charge in [0.2, 0.25) is 0 Å². The first-order valence-electron chi connectivity index (χ1n) is 8.35. The van der Waals surface area contributed by atoms with Crippen LogP contribution in [-0.2, 0) is 0 Å². The summed E-state index contributed by atoms with van der Waals surface area (Å²) >= 11 is 0. The van der Waals surface area contributed by atoms with E-state index < -0.39 is 0 Å². The highest BCUT2D eigenvalue weighted by molar-refractivity contribution is 5.45. The van der Waals surface area contributed by atoms with Gasteiger partial charge in [0.1, 0.15) is 0 Å². The van der Waals surface area contributed by atoms with Gasteiger partial charge in [-0.05, 0) is 46.5 Å². The van der Waals surface area contributed by atoms with E-state index in [9.17, 15) is 0 Å². The molecule has 3 rings (SSSR count). The molecule has 0 aliphatic rings. The van der Waals surface area contributed by atoms with Crippen molar-refractivity contribution in [1.82, 2.24) is 0 Å². The summed E-state index contributed by atoms with van der Waals surface area (Å²) in [5.41, 5.74) is 18.3. The largest absolute Gasteiger partial charge is 0.399 e. The van der Waals surface area contributed by atoms with E-state index >= 15 is 0 Å². The van der Waals surface area contributed by atoms with Crippen molar-refractivity contribution in [3.63, 3.8) is 0 Å². The van der Waals surface area contributed by atoms with E-state index in [2.05, 4.69) is 62.4 Å². The van der Waals surface area contributed by atoms with E-state index in [4.69, 9.17) is 11.5 Å². The summed E-state index contributed by atoms with van der Waals surface area (Å²) in [6, 6.07) is 25.2. The Bertz CT molecular complexity index is 716. The minimum Gasteiger partial charge on any atom is -0.399 e. The quantitative estimate of drug-likeness (QED) is 0.654. The van der Waals surface area contributed by atoms with Gasteiger partial charge < -0.3 is 11.5 Å². The average Bonchev–Trinajstić information content (AvgIpc) is 2.62. The second kappa shape index (κ2) is 6.79. The van der Waals surface area contributed by atoms with Crippen molar-refractivity contribution in [2.24, 2.45) is 0 Å². The van der Waals surface area contributed by atoms with Gasteiger partial charge in [-0.1, -0.05) is 62.4 Å². The molecule has 2 nitrogen and oxygen atoms in total. The molecular weight excluding hydrogens is 292 g/mol. The van der Waals surface area contributed by atoms with Crippen LogP contribution in [0.4, 0.5) is 11.4 Å². The van der Waals surface area contributed by atoms with E-state index in [1.807, 2.05) is 24.3 Å². The van der Waals surface area contributed by atoms with Crippen LogP contribution < -0.4 is 11.5 Å². The van der Waals surface area contributed by atoms with Crippen molar-refractivity contribution < 1.29 is 0 Å². The number of nitrogens with two attached hydrogens (primary N) is 2. The normalized spacial score (nSPS) is 13.4. The second-order valence-corrected chi connectivity index (χ2v) is 6.44. The summed E-state index contributed by atoms with van der Waals surface area (Å²) < 4.78 is 0. The van der Waals surface area contributed by atoms with Crippen LogP contribution in [0.1, 0.15) is 47.9 Å². The first kappa shape index (κ1) is 16.1. The molecule has 3 aromatic carbocycles. The Balaban J connectivity index is 1.79. The van der Waals surface area contributed by atoms with Crippen LogP contribution in [0, 0.1) is 0 Å². The number of rotatable bonds is 4. The Morgan fingerprint density at radius 3 is 0.917 bits per heavy atom. The first-order valence-corrected chi connectivity index (χ1v) is 8.35. The van der Waals surface area contributed by atoms with Crippen molar-refractivity contribution in [1.29, 1.82) is 0 Å². The second-order valence-electron chi connectivity index (χ2n) is 6.44. The van der Waals surface area contributed by atoms with Crippen molar-refractivity contribution in [2.75, 3.05) is 11.5 Å². The van der Waals surface area contributed by atoms with E-state index in [0.717, 1.165) is 11.4 Å². The molecule has 0 saturated carbocycles. The van der Waals surface area contributed by atoms with Crippen LogP contribution in [0.25, 0.3) is 0 Å². The molecule has 24 heavy (non-hydrogen) atoms. The van der Waals surface area contributed by atoms with Crippen molar-refractivity contribution in [3.05, 3.63) is 95.1 Å². The highest BCUT2D eigenvalue weighted by atomic mass is 14.5. The highest BCUT2D eigenvalue weighted by Gasteiger charge is 2.11. The number of nitrogen functional groups attached to an aromatic ring is 2. The molecule has 0 heterocycles. The number of hydrogen-bond donors (Lipinski definition) is 2. The van der Waals surface area contributed by atoms with Crippen LogP contribution in [0.3, 0.4) is 0 Å². The highest BCUT2D eigenvalue weighted by Crippen LogP contribution is 2.29. The molecule has 2 heteroatoms. The lowest BCUT2D eigenvalue weighted by atomic mass is 9.89. The van der Waals surface area contributed by atoms with Gasteiger partial charge in [-0.2, -0.15) is 0 Å². The fraction of sp³-hybridized carbons (Fsp3) is 0.182. The van der Waals surface area contributed by atoms with Gasteiger partial charge in [0.25, 0.3) is 0 Å². The SMILES string of the molecule is CC(c1ccc(N)cc1)c1ccc(C(C)c2ccc(N)cc2)cc1. The predicted molar refractivity (Wildman–Crippen MR) is 103 cm³/mol. The minimum atomic E-state index is 0.353. The molecular formula is C22H24N2. The van der Waals surface area contributed by atoms with Gasteiger partial charge in [-0.3, -0.25) is 0 Å². The lowest BCUT2D eigenvalue weighted by Crippen LogP contribution is -1.99. The zero-order valence-corrected chi connectivity index (χ0v) is 14.2. The molecule has 4 N–H and O–H groups in total. The van der Waals surface area contributed by atoms with Gasteiger partial charge in [-0.25, -0.2) is 0 Å². The summed E-state index contributed by atoms with van der Waals surface area (Å²) in [7, 11) is 0. The Morgan fingerprint density at radius 1 is 0.458 bits per heavy atom. The van der Waals surface area contributed by atoms with Crippen molar-refractivity contribution >= 4 is 11.4 Å². The van der Waals surface area contributed by atoms with Gasteiger partial charge in [-0.15, -0.1) is 0 Å². The molecule has 2 atom stereocenters. The lowest BCUT2D eigenvalue weighted by Gasteiger charge is -2.16. The molecule has 0 aliphatic heterocycles. The first-order chi connectivity index (χ1) is 11.5. The van der Waals surface area contributed by atoms with Crippen molar-refractivity contribution in [2.45, 2.75) is 25.7 Å². The third-order valence-corrected chi connectivity index (χ3v) is 4.81. The van der Waals surface area contributed by atoms with Gasteiger partial charge in [0, 0.05) is 23.2 Å². The average molecular weight is 316 g/mol. The number of anilines is 2. The Morgan fingerprint density at radius 2 is 0.667 bits per heavy atom. The summed E-state index contributed by atoms with van der Waals surface area (Å²) in [4.78, 5) is 0. The van der Waals surface area contributed by atoms with Crippen LogP contribution in [-0.4, -0.2) is 0 Å². The summed E-state index contributed by atoms with van der Waals surface area (Å²) in [5.74, 6) is 0.706. The number of hydrogen-bond acceptors (Lipinski definition) is 2.